The van der Waals surface area contributed by atoms with E-state index in [1.54, 1.807) is 0 Å². The van der Waals surface area contributed by atoms with Crippen LogP contribution in [0.15, 0.2) is 48.5 Å². The first-order valence-corrected chi connectivity index (χ1v) is 7.85. The van der Waals surface area contributed by atoms with Gasteiger partial charge in [0.25, 0.3) is 0 Å². The molecule has 1 atom stereocenters. The molecule has 1 N–H and O–H groups in total. The van der Waals surface area contributed by atoms with E-state index in [-0.39, 0.29) is 0 Å². The number of halogens is 1. The molecule has 3 heteroatoms. The maximum Gasteiger partial charge on any atom is 0.104 e. The third kappa shape index (κ3) is 3.65. The highest BCUT2D eigenvalue weighted by Crippen LogP contribution is 2.24. The minimum Gasteiger partial charge on any atom is -0.384 e. The van der Waals surface area contributed by atoms with Crippen molar-refractivity contribution >= 4 is 11.6 Å². The lowest BCUT2D eigenvalue weighted by atomic mass is 10.0. The van der Waals surface area contributed by atoms with Crippen molar-refractivity contribution in [3.63, 3.8) is 0 Å². The summed E-state index contributed by atoms with van der Waals surface area (Å²) in [5.74, 6) is 0. The quantitative estimate of drug-likeness (QED) is 0.922. The monoisotopic (exact) mass is 301 g/mol. The largest absolute Gasteiger partial charge is 0.384 e. The van der Waals surface area contributed by atoms with E-state index < -0.39 is 6.10 Å². The second-order valence-electron chi connectivity index (χ2n) is 5.68. The van der Waals surface area contributed by atoms with E-state index in [1.165, 1.54) is 31.5 Å². The minimum absolute atomic E-state index is 0.594. The SMILES string of the molecule is O[C@H](c1ccc(Cl)cc1)c1ccc(CN2CCCC2)cc1. The predicted molar refractivity (Wildman–Crippen MR) is 86.5 cm³/mol. The summed E-state index contributed by atoms with van der Waals surface area (Å²) >= 11 is 5.88. The van der Waals surface area contributed by atoms with E-state index >= 15 is 0 Å². The van der Waals surface area contributed by atoms with Crippen LogP contribution in [-0.4, -0.2) is 23.1 Å². The highest BCUT2D eigenvalue weighted by Gasteiger charge is 2.13. The van der Waals surface area contributed by atoms with E-state index in [0.717, 1.165) is 17.7 Å². The Morgan fingerprint density at radius 2 is 1.43 bits per heavy atom. The molecule has 1 saturated heterocycles. The molecule has 1 aliphatic heterocycles. The van der Waals surface area contributed by atoms with Crippen molar-refractivity contribution in [3.05, 3.63) is 70.2 Å². The van der Waals surface area contributed by atoms with Crippen molar-refractivity contribution in [2.24, 2.45) is 0 Å². The second kappa shape index (κ2) is 6.61. The fourth-order valence-electron chi connectivity index (χ4n) is 2.84. The van der Waals surface area contributed by atoms with Crippen LogP contribution in [0.25, 0.3) is 0 Å². The maximum atomic E-state index is 10.4. The van der Waals surface area contributed by atoms with E-state index in [9.17, 15) is 5.11 Å². The van der Waals surface area contributed by atoms with Crippen LogP contribution in [0.1, 0.15) is 35.6 Å². The molecule has 1 heterocycles. The van der Waals surface area contributed by atoms with Gasteiger partial charge in [-0.05, 0) is 54.8 Å². The number of aliphatic hydroxyl groups is 1. The van der Waals surface area contributed by atoms with Crippen LogP contribution in [0.4, 0.5) is 0 Å². The van der Waals surface area contributed by atoms with Gasteiger partial charge < -0.3 is 5.11 Å². The van der Waals surface area contributed by atoms with Crippen LogP contribution in [0.2, 0.25) is 5.02 Å². The Balaban J connectivity index is 1.69. The molecule has 0 bridgehead atoms. The molecule has 0 unspecified atom stereocenters. The zero-order valence-electron chi connectivity index (χ0n) is 12.0. The molecule has 1 fully saturated rings. The van der Waals surface area contributed by atoms with Crippen LogP contribution in [0.5, 0.6) is 0 Å². The Labute approximate surface area is 131 Å². The summed E-state index contributed by atoms with van der Waals surface area (Å²) in [5.41, 5.74) is 3.10. The molecule has 0 saturated carbocycles. The Hall–Kier alpha value is -1.35. The zero-order chi connectivity index (χ0) is 14.7. The number of hydrogen-bond donors (Lipinski definition) is 1. The topological polar surface area (TPSA) is 23.5 Å². The van der Waals surface area contributed by atoms with Crippen LogP contribution < -0.4 is 0 Å². The lowest BCUT2D eigenvalue weighted by Crippen LogP contribution is -2.18. The molecule has 3 rings (SSSR count). The molecular formula is C18H20ClNO. The minimum atomic E-state index is -0.594. The van der Waals surface area contributed by atoms with Crippen molar-refractivity contribution in [2.75, 3.05) is 13.1 Å². The molecule has 2 aromatic carbocycles. The number of likely N-dealkylation sites (tertiary alicyclic amines) is 1. The number of rotatable bonds is 4. The second-order valence-corrected chi connectivity index (χ2v) is 6.12. The average molecular weight is 302 g/mol. The molecule has 1 aliphatic rings. The number of nitrogens with zero attached hydrogens (tertiary/aromatic N) is 1. The maximum absolute atomic E-state index is 10.4. The summed E-state index contributed by atoms with van der Waals surface area (Å²) in [6, 6.07) is 15.6. The predicted octanol–water partition coefficient (Wildman–Crippen LogP) is 4.02. The molecular weight excluding hydrogens is 282 g/mol. The first kappa shape index (κ1) is 14.6. The van der Waals surface area contributed by atoms with E-state index in [1.807, 2.05) is 36.4 Å². The number of hydrogen-bond acceptors (Lipinski definition) is 2. The summed E-state index contributed by atoms with van der Waals surface area (Å²) in [4.78, 5) is 2.48. The standard InChI is InChI=1S/C18H20ClNO/c19-17-9-7-16(8-10-17)18(21)15-5-3-14(4-6-15)13-20-11-1-2-12-20/h3-10,18,21H,1-2,11-13H2/t18-/m0/s1. The van der Waals surface area contributed by atoms with E-state index in [2.05, 4.69) is 17.0 Å². The summed E-state index contributed by atoms with van der Waals surface area (Å²) in [6.45, 7) is 3.42. The van der Waals surface area contributed by atoms with E-state index in [0.29, 0.717) is 5.02 Å². The van der Waals surface area contributed by atoms with Gasteiger partial charge in [0.2, 0.25) is 0 Å². The lowest BCUT2D eigenvalue weighted by molar-refractivity contribution is 0.220. The van der Waals surface area contributed by atoms with Gasteiger partial charge in [0.05, 0.1) is 0 Å². The Bertz CT molecular complexity index is 573. The Kier molecular flexibility index (Phi) is 4.59. The highest BCUT2D eigenvalue weighted by molar-refractivity contribution is 6.30. The van der Waals surface area contributed by atoms with Gasteiger partial charge in [-0.2, -0.15) is 0 Å². The molecule has 21 heavy (non-hydrogen) atoms. The fourth-order valence-corrected chi connectivity index (χ4v) is 2.97. The van der Waals surface area contributed by atoms with Gasteiger partial charge in [0.1, 0.15) is 6.10 Å². The van der Waals surface area contributed by atoms with Crippen LogP contribution in [0, 0.1) is 0 Å². The van der Waals surface area contributed by atoms with Gasteiger partial charge in [0.15, 0.2) is 0 Å². The molecule has 0 aromatic heterocycles. The van der Waals surface area contributed by atoms with E-state index in [4.69, 9.17) is 11.6 Å². The van der Waals surface area contributed by atoms with Gasteiger partial charge in [-0.1, -0.05) is 48.0 Å². The molecule has 0 aliphatic carbocycles. The van der Waals surface area contributed by atoms with Crippen molar-refractivity contribution in [3.8, 4) is 0 Å². The summed E-state index contributed by atoms with van der Waals surface area (Å²) in [7, 11) is 0. The van der Waals surface area contributed by atoms with Crippen molar-refractivity contribution in [1.29, 1.82) is 0 Å². The molecule has 0 spiro atoms. The summed E-state index contributed by atoms with van der Waals surface area (Å²) in [6.07, 6.45) is 2.03. The third-order valence-electron chi connectivity index (χ3n) is 4.09. The van der Waals surface area contributed by atoms with Crippen LogP contribution in [0.3, 0.4) is 0 Å². The van der Waals surface area contributed by atoms with Crippen molar-refractivity contribution in [2.45, 2.75) is 25.5 Å². The zero-order valence-corrected chi connectivity index (χ0v) is 12.8. The van der Waals surface area contributed by atoms with Crippen LogP contribution >= 0.6 is 11.6 Å². The normalized spacial score (nSPS) is 17.0. The fraction of sp³-hybridized carbons (Fsp3) is 0.333. The molecule has 110 valence electrons. The van der Waals surface area contributed by atoms with Gasteiger partial charge in [-0.25, -0.2) is 0 Å². The molecule has 2 aromatic rings. The first-order valence-electron chi connectivity index (χ1n) is 7.47. The smallest absolute Gasteiger partial charge is 0.104 e. The molecule has 0 amide bonds. The van der Waals surface area contributed by atoms with Gasteiger partial charge in [-0.3, -0.25) is 4.90 Å². The van der Waals surface area contributed by atoms with Gasteiger partial charge in [0, 0.05) is 11.6 Å². The van der Waals surface area contributed by atoms with Gasteiger partial charge >= 0.3 is 0 Å². The lowest BCUT2D eigenvalue weighted by Gasteiger charge is -2.16. The third-order valence-corrected chi connectivity index (χ3v) is 4.34. The first-order chi connectivity index (χ1) is 10.2. The number of aliphatic hydroxyl groups excluding tert-OH is 1. The Morgan fingerprint density at radius 3 is 2.00 bits per heavy atom. The van der Waals surface area contributed by atoms with Crippen molar-refractivity contribution < 1.29 is 5.11 Å². The van der Waals surface area contributed by atoms with Crippen LogP contribution in [-0.2, 0) is 6.54 Å². The Morgan fingerprint density at radius 1 is 0.905 bits per heavy atom. The molecule has 2 nitrogen and oxygen atoms in total. The number of benzene rings is 2. The average Bonchev–Trinajstić information content (AvgIpc) is 3.01. The summed E-state index contributed by atoms with van der Waals surface area (Å²) in [5, 5.41) is 11.1. The molecule has 0 radical (unpaired) electrons. The van der Waals surface area contributed by atoms with Gasteiger partial charge in [-0.15, -0.1) is 0 Å². The highest BCUT2D eigenvalue weighted by atomic mass is 35.5. The summed E-state index contributed by atoms with van der Waals surface area (Å²) < 4.78 is 0. The van der Waals surface area contributed by atoms with Crippen molar-refractivity contribution in [1.82, 2.24) is 4.90 Å².